The molecule has 1 atom stereocenters. The summed E-state index contributed by atoms with van der Waals surface area (Å²) in [5, 5.41) is 29.3. The minimum absolute atomic E-state index is 0.00483. The van der Waals surface area contributed by atoms with Crippen molar-refractivity contribution in [3.05, 3.63) is 39.9 Å². The van der Waals surface area contributed by atoms with Crippen molar-refractivity contribution in [2.75, 3.05) is 58.9 Å². The van der Waals surface area contributed by atoms with Crippen molar-refractivity contribution in [3.8, 4) is 0 Å². The van der Waals surface area contributed by atoms with Gasteiger partial charge < -0.3 is 26.6 Å². The molecule has 2 rings (SSSR count). The highest BCUT2D eigenvalue weighted by Gasteiger charge is 2.20. The fourth-order valence-corrected chi connectivity index (χ4v) is 2.94. The predicted octanol–water partition coefficient (Wildman–Crippen LogP) is -1.89. The van der Waals surface area contributed by atoms with E-state index in [1.807, 2.05) is 0 Å². The molecule has 0 aromatic heterocycles. The van der Waals surface area contributed by atoms with Gasteiger partial charge in [0.25, 0.3) is 5.69 Å². The second kappa shape index (κ2) is 13.6. The molecule has 1 aromatic rings. The third kappa shape index (κ3) is 9.27. The molecule has 11 heteroatoms. The zero-order valence-electron chi connectivity index (χ0n) is 17.0. The monoisotopic (exact) mass is 421 g/mol. The average molecular weight is 422 g/mol. The lowest BCUT2D eigenvalue weighted by molar-refractivity contribution is -0.384. The third-order valence-corrected chi connectivity index (χ3v) is 4.59. The number of rotatable bonds is 3. The second-order valence-corrected chi connectivity index (χ2v) is 6.95. The Labute approximate surface area is 175 Å². The molecule has 1 aliphatic heterocycles. The minimum atomic E-state index is -0.629. The smallest absolute Gasteiger partial charge is 0.269 e. The molecule has 1 aliphatic rings. The van der Waals surface area contributed by atoms with Crippen molar-refractivity contribution in [3.63, 3.8) is 0 Å². The van der Waals surface area contributed by atoms with Crippen LogP contribution in [-0.2, 0) is 16.0 Å². The van der Waals surface area contributed by atoms with Crippen LogP contribution in [0.3, 0.4) is 0 Å². The van der Waals surface area contributed by atoms with E-state index in [4.69, 9.17) is 0 Å². The molecule has 6 N–H and O–H groups in total. The van der Waals surface area contributed by atoms with Crippen molar-refractivity contribution in [2.45, 2.75) is 12.5 Å². The van der Waals surface area contributed by atoms with E-state index in [0.29, 0.717) is 32.6 Å². The molecule has 0 saturated carbocycles. The van der Waals surface area contributed by atoms with Gasteiger partial charge in [-0.25, -0.2) is 0 Å². The first-order valence-corrected chi connectivity index (χ1v) is 10.2. The van der Waals surface area contributed by atoms with E-state index >= 15 is 0 Å². The van der Waals surface area contributed by atoms with E-state index in [1.165, 1.54) is 12.1 Å². The molecule has 0 bridgehead atoms. The summed E-state index contributed by atoms with van der Waals surface area (Å²) in [6.45, 7) is 5.57. The number of nitro benzene ring substituents is 1. The zero-order chi connectivity index (χ0) is 21.6. The van der Waals surface area contributed by atoms with Gasteiger partial charge in [-0.05, 0) is 12.0 Å². The second-order valence-electron chi connectivity index (χ2n) is 6.95. The summed E-state index contributed by atoms with van der Waals surface area (Å²) in [5.41, 5.74) is 0.763. The Morgan fingerprint density at radius 2 is 1.37 bits per heavy atom. The fourth-order valence-electron chi connectivity index (χ4n) is 2.94. The van der Waals surface area contributed by atoms with Gasteiger partial charge in [0, 0.05) is 64.5 Å². The molecule has 1 saturated heterocycles. The number of nitro groups is 1. The molecule has 1 aromatic carbocycles. The number of hydrogen-bond acceptors (Lipinski definition) is 8. The summed E-state index contributed by atoms with van der Waals surface area (Å²) in [5.74, 6) is -0.414. The molecule has 2 amide bonds. The summed E-state index contributed by atoms with van der Waals surface area (Å²) in [6.07, 6.45) is 0.315. The quantitative estimate of drug-likeness (QED) is 0.245. The standard InChI is InChI=1S/C19H31N7O4/c27-18-14-25-17(13-15-1-3-16(4-2-15)26(29)30)19(28)24-12-10-22-8-6-20-5-7-21-9-11-23-18/h1-4,17,20-22,25H,5-14H2,(H,23,27)(H,24,28). The molecule has 30 heavy (non-hydrogen) atoms. The molecule has 0 spiro atoms. The van der Waals surface area contributed by atoms with Crippen LogP contribution in [0.5, 0.6) is 0 Å². The Kier molecular flexibility index (Phi) is 10.7. The van der Waals surface area contributed by atoms with Gasteiger partial charge in [-0.15, -0.1) is 0 Å². The first kappa shape index (κ1) is 23.7. The van der Waals surface area contributed by atoms with Crippen molar-refractivity contribution in [1.82, 2.24) is 31.9 Å². The van der Waals surface area contributed by atoms with Gasteiger partial charge >= 0.3 is 0 Å². The summed E-state index contributed by atoms with van der Waals surface area (Å²) in [6, 6.07) is 5.44. The highest BCUT2D eigenvalue weighted by molar-refractivity contribution is 5.84. The summed E-state index contributed by atoms with van der Waals surface area (Å²) in [7, 11) is 0. The van der Waals surface area contributed by atoms with Crippen molar-refractivity contribution in [2.24, 2.45) is 0 Å². The lowest BCUT2D eigenvalue weighted by atomic mass is 10.0. The van der Waals surface area contributed by atoms with E-state index in [0.717, 1.165) is 31.7 Å². The fraction of sp³-hybridized carbons (Fsp3) is 0.579. The Bertz CT molecular complexity index is 684. The Hall–Kier alpha value is -2.60. The van der Waals surface area contributed by atoms with Gasteiger partial charge in [-0.2, -0.15) is 0 Å². The molecule has 166 valence electrons. The van der Waals surface area contributed by atoms with Crippen LogP contribution in [0.1, 0.15) is 5.56 Å². The van der Waals surface area contributed by atoms with Crippen molar-refractivity contribution in [1.29, 1.82) is 0 Å². The molecule has 1 heterocycles. The number of hydrogen-bond donors (Lipinski definition) is 6. The van der Waals surface area contributed by atoms with Crippen LogP contribution < -0.4 is 31.9 Å². The molecular weight excluding hydrogens is 390 g/mol. The third-order valence-electron chi connectivity index (χ3n) is 4.59. The predicted molar refractivity (Wildman–Crippen MR) is 113 cm³/mol. The first-order chi connectivity index (χ1) is 14.6. The van der Waals surface area contributed by atoms with E-state index < -0.39 is 11.0 Å². The van der Waals surface area contributed by atoms with Crippen LogP contribution in [0.25, 0.3) is 0 Å². The van der Waals surface area contributed by atoms with Gasteiger partial charge in [-0.1, -0.05) is 12.1 Å². The summed E-state index contributed by atoms with van der Waals surface area (Å²) in [4.78, 5) is 35.0. The van der Waals surface area contributed by atoms with Crippen LogP contribution in [0, 0.1) is 10.1 Å². The summed E-state index contributed by atoms with van der Waals surface area (Å²) >= 11 is 0. The van der Waals surface area contributed by atoms with Gasteiger partial charge in [0.1, 0.15) is 0 Å². The van der Waals surface area contributed by atoms with Crippen molar-refractivity contribution >= 4 is 17.5 Å². The number of non-ortho nitro benzene ring substituents is 1. The number of amides is 2. The van der Waals surface area contributed by atoms with Crippen LogP contribution in [0.2, 0.25) is 0 Å². The summed E-state index contributed by atoms with van der Waals surface area (Å²) < 4.78 is 0. The van der Waals surface area contributed by atoms with E-state index in [-0.39, 0.29) is 24.0 Å². The van der Waals surface area contributed by atoms with Gasteiger partial charge in [0.2, 0.25) is 11.8 Å². The maximum absolute atomic E-state index is 12.6. The lowest BCUT2D eigenvalue weighted by Gasteiger charge is -2.19. The molecular formula is C19H31N7O4. The highest BCUT2D eigenvalue weighted by atomic mass is 16.6. The van der Waals surface area contributed by atoms with E-state index in [1.54, 1.807) is 12.1 Å². The van der Waals surface area contributed by atoms with Crippen molar-refractivity contribution < 1.29 is 14.5 Å². The Morgan fingerprint density at radius 1 is 0.833 bits per heavy atom. The molecule has 1 unspecified atom stereocenters. The number of nitrogens with zero attached hydrogens (tertiary/aromatic N) is 1. The maximum Gasteiger partial charge on any atom is 0.269 e. The molecule has 0 radical (unpaired) electrons. The molecule has 1 fully saturated rings. The van der Waals surface area contributed by atoms with Gasteiger partial charge in [0.05, 0.1) is 17.5 Å². The van der Waals surface area contributed by atoms with Crippen LogP contribution in [0.15, 0.2) is 24.3 Å². The first-order valence-electron chi connectivity index (χ1n) is 10.2. The molecule has 0 aliphatic carbocycles. The maximum atomic E-state index is 12.6. The Balaban J connectivity index is 1.95. The zero-order valence-corrected chi connectivity index (χ0v) is 17.0. The molecule has 11 nitrogen and oxygen atoms in total. The van der Waals surface area contributed by atoms with E-state index in [9.17, 15) is 19.7 Å². The number of nitrogens with one attached hydrogen (secondary N) is 6. The SMILES string of the molecule is O=C1CNC(Cc2ccc([N+](=O)[O-])cc2)C(=O)NCCNCCNCCNCCN1. The van der Waals surface area contributed by atoms with Crippen LogP contribution in [-0.4, -0.2) is 81.7 Å². The number of carbonyl (C=O) groups is 2. The lowest BCUT2D eigenvalue weighted by Crippen LogP contribution is -2.50. The number of carbonyl (C=O) groups excluding carboxylic acids is 2. The average Bonchev–Trinajstić information content (AvgIpc) is 2.73. The number of benzene rings is 1. The Morgan fingerprint density at radius 3 is 1.93 bits per heavy atom. The highest BCUT2D eigenvalue weighted by Crippen LogP contribution is 2.13. The van der Waals surface area contributed by atoms with Crippen LogP contribution >= 0.6 is 0 Å². The van der Waals surface area contributed by atoms with Gasteiger partial charge in [0.15, 0.2) is 0 Å². The van der Waals surface area contributed by atoms with Gasteiger partial charge in [-0.3, -0.25) is 25.0 Å². The minimum Gasteiger partial charge on any atom is -0.354 e. The van der Waals surface area contributed by atoms with E-state index in [2.05, 4.69) is 31.9 Å². The largest absolute Gasteiger partial charge is 0.354 e. The van der Waals surface area contributed by atoms with Crippen LogP contribution in [0.4, 0.5) is 5.69 Å². The topological polar surface area (TPSA) is 149 Å². The normalized spacial score (nSPS) is 21.0.